The molecule has 1 aliphatic rings. The summed E-state index contributed by atoms with van der Waals surface area (Å²) in [6.45, 7) is 0.266. The Morgan fingerprint density at radius 1 is 1.07 bits per heavy atom. The molecule has 1 amide bonds. The summed E-state index contributed by atoms with van der Waals surface area (Å²) in [6.07, 6.45) is -0.184. The van der Waals surface area contributed by atoms with Crippen LogP contribution in [0.2, 0.25) is 0 Å². The zero-order chi connectivity index (χ0) is 20.2. The Hall–Kier alpha value is -3.81. The first kappa shape index (κ1) is 18.5. The first-order valence-electron chi connectivity index (χ1n) is 8.77. The Labute approximate surface area is 165 Å². The number of halogens is 1. The summed E-state index contributed by atoms with van der Waals surface area (Å²) in [5, 5.41) is 2.66. The van der Waals surface area contributed by atoms with Crippen LogP contribution < -0.4 is 14.8 Å². The molecule has 4 rings (SSSR count). The lowest BCUT2D eigenvalue weighted by atomic mass is 10.1. The van der Waals surface area contributed by atoms with Gasteiger partial charge in [-0.1, -0.05) is 24.3 Å². The van der Waals surface area contributed by atoms with Gasteiger partial charge in [-0.25, -0.2) is 9.18 Å². The molecule has 1 aliphatic heterocycles. The smallest absolute Gasteiger partial charge is 0.375 e. The molecule has 1 atom stereocenters. The maximum absolute atomic E-state index is 14.3. The van der Waals surface area contributed by atoms with E-state index in [0.717, 1.165) is 5.56 Å². The van der Waals surface area contributed by atoms with E-state index in [1.807, 2.05) is 0 Å². The van der Waals surface area contributed by atoms with E-state index in [0.29, 0.717) is 11.5 Å². The van der Waals surface area contributed by atoms with E-state index < -0.39 is 23.8 Å². The number of fused-ring (bicyclic) bond motifs is 1. The van der Waals surface area contributed by atoms with Crippen LogP contribution in [0.15, 0.2) is 65.3 Å². The number of amides is 1. The molecule has 1 N–H and O–H groups in total. The standard InChI is InChI=1S/C21H16FNO6/c22-15-5-2-1-4-14(15)19(29-21(25)17-6-3-9-26-17)20(24)23-11-13-7-8-16-18(10-13)28-12-27-16/h1-10,19H,11-12H2,(H,23,24)/t19-/m0/s1. The third kappa shape index (κ3) is 4.06. The molecule has 148 valence electrons. The summed E-state index contributed by atoms with van der Waals surface area (Å²) in [5.74, 6) is -1.10. The summed E-state index contributed by atoms with van der Waals surface area (Å²) in [5.41, 5.74) is 0.683. The van der Waals surface area contributed by atoms with Gasteiger partial charge in [-0.3, -0.25) is 4.79 Å². The van der Waals surface area contributed by atoms with Crippen molar-refractivity contribution in [3.05, 3.63) is 83.6 Å². The lowest BCUT2D eigenvalue weighted by Gasteiger charge is -2.18. The highest BCUT2D eigenvalue weighted by Crippen LogP contribution is 2.32. The van der Waals surface area contributed by atoms with Crippen LogP contribution in [0, 0.1) is 5.82 Å². The molecule has 7 nitrogen and oxygen atoms in total. The first-order valence-corrected chi connectivity index (χ1v) is 8.77. The Bertz CT molecular complexity index is 1030. The molecular formula is C21H16FNO6. The van der Waals surface area contributed by atoms with Gasteiger partial charge in [-0.2, -0.15) is 0 Å². The number of nitrogens with one attached hydrogen (secondary N) is 1. The quantitative estimate of drug-likeness (QED) is 0.642. The van der Waals surface area contributed by atoms with Gasteiger partial charge in [0.05, 0.1) is 6.26 Å². The van der Waals surface area contributed by atoms with Crippen molar-refractivity contribution in [2.75, 3.05) is 6.79 Å². The third-order valence-corrected chi connectivity index (χ3v) is 4.28. The molecule has 2 aromatic carbocycles. The summed E-state index contributed by atoms with van der Waals surface area (Å²) in [7, 11) is 0. The second-order valence-corrected chi connectivity index (χ2v) is 6.19. The van der Waals surface area contributed by atoms with Gasteiger partial charge in [0, 0.05) is 12.1 Å². The highest BCUT2D eigenvalue weighted by Gasteiger charge is 2.29. The summed E-state index contributed by atoms with van der Waals surface area (Å²) >= 11 is 0. The van der Waals surface area contributed by atoms with Crippen LogP contribution in [0.5, 0.6) is 11.5 Å². The number of hydrogen-bond donors (Lipinski definition) is 1. The summed E-state index contributed by atoms with van der Waals surface area (Å²) in [6, 6.07) is 13.7. The molecule has 0 unspecified atom stereocenters. The highest BCUT2D eigenvalue weighted by molar-refractivity contribution is 5.90. The molecule has 3 aromatic rings. The number of ether oxygens (including phenoxy) is 3. The van der Waals surface area contributed by atoms with E-state index in [2.05, 4.69) is 5.32 Å². The maximum Gasteiger partial charge on any atom is 0.375 e. The topological polar surface area (TPSA) is 87.0 Å². The van der Waals surface area contributed by atoms with Gasteiger partial charge in [-0.05, 0) is 35.9 Å². The van der Waals surface area contributed by atoms with E-state index in [1.165, 1.54) is 36.6 Å². The van der Waals surface area contributed by atoms with Crippen LogP contribution in [0.3, 0.4) is 0 Å². The predicted octanol–water partition coefficient (Wildman–Crippen LogP) is 3.36. The lowest BCUT2D eigenvalue weighted by Crippen LogP contribution is -2.32. The van der Waals surface area contributed by atoms with Crippen molar-refractivity contribution < 1.29 is 32.6 Å². The average molecular weight is 397 g/mol. The minimum atomic E-state index is -1.48. The number of furan rings is 1. The van der Waals surface area contributed by atoms with Gasteiger partial charge in [0.25, 0.3) is 5.91 Å². The zero-order valence-corrected chi connectivity index (χ0v) is 15.1. The maximum atomic E-state index is 14.3. The molecule has 2 heterocycles. The fraction of sp³-hybridized carbons (Fsp3) is 0.143. The van der Waals surface area contributed by atoms with Gasteiger partial charge >= 0.3 is 5.97 Å². The van der Waals surface area contributed by atoms with Gasteiger partial charge < -0.3 is 23.9 Å². The molecular weight excluding hydrogens is 381 g/mol. The van der Waals surface area contributed by atoms with Crippen molar-refractivity contribution in [1.82, 2.24) is 5.32 Å². The minimum Gasteiger partial charge on any atom is -0.457 e. The van der Waals surface area contributed by atoms with Crippen LogP contribution in [-0.2, 0) is 16.1 Å². The third-order valence-electron chi connectivity index (χ3n) is 4.28. The Kier molecular flexibility index (Phi) is 5.15. The van der Waals surface area contributed by atoms with E-state index in [-0.39, 0.29) is 24.7 Å². The van der Waals surface area contributed by atoms with E-state index >= 15 is 0 Å². The SMILES string of the molecule is O=C(O[C@H](C(=O)NCc1ccc2c(c1)OCO2)c1ccccc1F)c1ccco1. The highest BCUT2D eigenvalue weighted by atomic mass is 19.1. The molecule has 0 spiro atoms. The van der Waals surface area contributed by atoms with Gasteiger partial charge in [0.2, 0.25) is 18.7 Å². The van der Waals surface area contributed by atoms with Crippen LogP contribution in [0.25, 0.3) is 0 Å². The number of carbonyl (C=O) groups excluding carboxylic acids is 2. The van der Waals surface area contributed by atoms with E-state index in [4.69, 9.17) is 18.6 Å². The van der Waals surface area contributed by atoms with Crippen molar-refractivity contribution in [1.29, 1.82) is 0 Å². The Balaban J connectivity index is 1.51. The van der Waals surface area contributed by atoms with Crippen molar-refractivity contribution in [3.63, 3.8) is 0 Å². The second kappa shape index (κ2) is 8.05. The molecule has 8 heteroatoms. The molecule has 0 radical (unpaired) electrons. The van der Waals surface area contributed by atoms with Gasteiger partial charge in [0.1, 0.15) is 5.82 Å². The fourth-order valence-corrected chi connectivity index (χ4v) is 2.84. The lowest BCUT2D eigenvalue weighted by molar-refractivity contribution is -0.130. The molecule has 0 fully saturated rings. The second-order valence-electron chi connectivity index (χ2n) is 6.19. The van der Waals surface area contributed by atoms with Crippen molar-refractivity contribution in [3.8, 4) is 11.5 Å². The monoisotopic (exact) mass is 397 g/mol. The van der Waals surface area contributed by atoms with Crippen LogP contribution in [0.4, 0.5) is 4.39 Å². The fourth-order valence-electron chi connectivity index (χ4n) is 2.84. The van der Waals surface area contributed by atoms with Crippen LogP contribution >= 0.6 is 0 Å². The molecule has 0 aliphatic carbocycles. The number of rotatable bonds is 6. The average Bonchev–Trinajstić information content (AvgIpc) is 3.42. The first-order chi connectivity index (χ1) is 14.1. The summed E-state index contributed by atoms with van der Waals surface area (Å²) in [4.78, 5) is 25.0. The number of carbonyl (C=O) groups is 2. The van der Waals surface area contributed by atoms with Gasteiger partial charge in [-0.15, -0.1) is 0 Å². The number of esters is 1. The predicted molar refractivity (Wildman–Crippen MR) is 97.7 cm³/mol. The van der Waals surface area contributed by atoms with Crippen LogP contribution in [0.1, 0.15) is 27.8 Å². The van der Waals surface area contributed by atoms with Crippen molar-refractivity contribution in [2.24, 2.45) is 0 Å². The molecule has 0 saturated heterocycles. The van der Waals surface area contributed by atoms with E-state index in [1.54, 1.807) is 24.3 Å². The molecule has 29 heavy (non-hydrogen) atoms. The van der Waals surface area contributed by atoms with E-state index in [9.17, 15) is 14.0 Å². The van der Waals surface area contributed by atoms with Crippen molar-refractivity contribution >= 4 is 11.9 Å². The number of benzene rings is 2. The van der Waals surface area contributed by atoms with Gasteiger partial charge in [0.15, 0.2) is 11.5 Å². The normalized spacial score (nSPS) is 13.0. The Morgan fingerprint density at radius 3 is 2.69 bits per heavy atom. The minimum absolute atomic E-state index is 0.0596. The molecule has 1 aromatic heterocycles. The zero-order valence-electron chi connectivity index (χ0n) is 15.1. The number of hydrogen-bond acceptors (Lipinski definition) is 6. The Morgan fingerprint density at radius 2 is 1.90 bits per heavy atom. The van der Waals surface area contributed by atoms with Crippen molar-refractivity contribution in [2.45, 2.75) is 12.6 Å². The summed E-state index contributed by atoms with van der Waals surface area (Å²) < 4.78 is 35.1. The van der Waals surface area contributed by atoms with Crippen LogP contribution in [-0.4, -0.2) is 18.7 Å². The largest absolute Gasteiger partial charge is 0.457 e. The molecule has 0 saturated carbocycles. The molecule has 0 bridgehead atoms.